The summed E-state index contributed by atoms with van der Waals surface area (Å²) in [5.41, 5.74) is 0.303. The van der Waals surface area contributed by atoms with Gasteiger partial charge in [0.25, 0.3) is 0 Å². The number of para-hydroxylation sites is 1. The van der Waals surface area contributed by atoms with Crippen molar-refractivity contribution in [3.05, 3.63) is 30.1 Å². The highest BCUT2D eigenvalue weighted by Gasteiger charge is 1.92. The summed E-state index contributed by atoms with van der Waals surface area (Å²) < 4.78 is 12.5. The van der Waals surface area contributed by atoms with Gasteiger partial charge in [-0.1, -0.05) is 12.1 Å². The van der Waals surface area contributed by atoms with Crippen LogP contribution in [0.1, 0.15) is 0 Å². The van der Waals surface area contributed by atoms with Crippen molar-refractivity contribution in [2.45, 2.75) is 0 Å². The summed E-state index contributed by atoms with van der Waals surface area (Å²) in [6.45, 7) is 3.20. The fraction of sp³-hybridized carbons (Fsp3) is 0. The van der Waals surface area contributed by atoms with E-state index in [2.05, 4.69) is 11.7 Å². The molecule has 0 fully saturated rings. The highest BCUT2D eigenvalue weighted by Crippen LogP contribution is 2.14. The molecule has 2 heteroatoms. The zero-order valence-corrected chi connectivity index (χ0v) is 4.84. The van der Waals surface area contributed by atoms with Crippen molar-refractivity contribution < 1.29 is 4.39 Å². The van der Waals surface area contributed by atoms with E-state index in [0.717, 1.165) is 0 Å². The normalized spacial score (nSPS) is 9.00. The number of benzene rings is 1. The molecule has 0 unspecified atom stereocenters. The van der Waals surface area contributed by atoms with Crippen LogP contribution in [0.4, 0.5) is 10.1 Å². The molecule has 0 atom stereocenters. The third kappa shape index (κ3) is 1.13. The molecule has 0 aliphatic carbocycles. The molecule has 0 aliphatic rings. The second kappa shape index (κ2) is 2.40. The Balaban J connectivity index is 3.15. The smallest absolute Gasteiger partial charge is 0.148 e. The van der Waals surface area contributed by atoms with E-state index in [1.807, 2.05) is 0 Å². The number of rotatable bonds is 1. The van der Waals surface area contributed by atoms with Gasteiger partial charge in [0, 0.05) is 0 Å². The highest BCUT2D eigenvalue weighted by atomic mass is 19.1. The minimum Gasteiger partial charge on any atom is -0.262 e. The molecule has 0 aromatic heterocycles. The van der Waals surface area contributed by atoms with Gasteiger partial charge in [-0.25, -0.2) is 4.39 Å². The average molecular weight is 123 g/mol. The Kier molecular flexibility index (Phi) is 1.58. The molecule has 0 aliphatic heterocycles. The van der Waals surface area contributed by atoms with Gasteiger partial charge < -0.3 is 0 Å². The van der Waals surface area contributed by atoms with Crippen LogP contribution in [0.15, 0.2) is 29.3 Å². The zero-order valence-electron chi connectivity index (χ0n) is 4.84. The summed E-state index contributed by atoms with van der Waals surface area (Å²) in [4.78, 5) is 3.45. The van der Waals surface area contributed by atoms with Gasteiger partial charge in [0.1, 0.15) is 5.82 Å². The first-order valence-corrected chi connectivity index (χ1v) is 2.56. The summed E-state index contributed by atoms with van der Waals surface area (Å²) in [5.74, 6) is -0.326. The van der Waals surface area contributed by atoms with E-state index < -0.39 is 0 Å². The van der Waals surface area contributed by atoms with Gasteiger partial charge in [0.05, 0.1) is 5.69 Å². The Morgan fingerprint density at radius 2 is 2.00 bits per heavy atom. The van der Waals surface area contributed by atoms with E-state index in [-0.39, 0.29) is 5.82 Å². The van der Waals surface area contributed by atoms with Crippen molar-refractivity contribution in [2.75, 3.05) is 0 Å². The third-order valence-electron chi connectivity index (χ3n) is 1.02. The Labute approximate surface area is 52.9 Å². The van der Waals surface area contributed by atoms with Gasteiger partial charge in [-0.15, -0.1) is 0 Å². The molecule has 0 heterocycles. The Hall–Kier alpha value is -1.18. The van der Waals surface area contributed by atoms with Gasteiger partial charge in [0.2, 0.25) is 0 Å². The third-order valence-corrected chi connectivity index (χ3v) is 1.02. The largest absolute Gasteiger partial charge is 0.262 e. The number of hydrogen-bond acceptors (Lipinski definition) is 1. The fourth-order valence-electron chi connectivity index (χ4n) is 0.580. The molecule has 1 aromatic carbocycles. The fourth-order valence-corrected chi connectivity index (χ4v) is 0.580. The molecule has 0 saturated heterocycles. The van der Waals surface area contributed by atoms with E-state index in [1.54, 1.807) is 18.2 Å². The second-order valence-corrected chi connectivity index (χ2v) is 1.61. The van der Waals surface area contributed by atoms with E-state index in [1.165, 1.54) is 6.07 Å². The van der Waals surface area contributed by atoms with Crippen LogP contribution < -0.4 is 0 Å². The van der Waals surface area contributed by atoms with E-state index >= 15 is 0 Å². The maximum Gasteiger partial charge on any atom is 0.148 e. The minimum atomic E-state index is -0.326. The van der Waals surface area contributed by atoms with Crippen LogP contribution in [0.3, 0.4) is 0 Å². The quantitative estimate of drug-likeness (QED) is 0.507. The average Bonchev–Trinajstić information content (AvgIpc) is 1.89. The molecule has 0 bridgehead atoms. The number of aliphatic imine (C=N–C) groups is 1. The molecule has 9 heavy (non-hydrogen) atoms. The van der Waals surface area contributed by atoms with E-state index in [4.69, 9.17) is 0 Å². The summed E-state index contributed by atoms with van der Waals surface area (Å²) in [7, 11) is 0. The van der Waals surface area contributed by atoms with Crippen molar-refractivity contribution in [2.24, 2.45) is 4.99 Å². The SMILES string of the molecule is C=Nc1ccccc1F. The second-order valence-electron chi connectivity index (χ2n) is 1.61. The lowest BCUT2D eigenvalue weighted by Crippen LogP contribution is -1.70. The van der Waals surface area contributed by atoms with Gasteiger partial charge in [0.15, 0.2) is 0 Å². The maximum atomic E-state index is 12.5. The van der Waals surface area contributed by atoms with Crippen LogP contribution in [0.5, 0.6) is 0 Å². The lowest BCUT2D eigenvalue weighted by atomic mass is 10.3. The van der Waals surface area contributed by atoms with Crippen molar-refractivity contribution in [3.8, 4) is 0 Å². The molecular formula is C7H6FN. The molecular weight excluding hydrogens is 117 g/mol. The van der Waals surface area contributed by atoms with Crippen molar-refractivity contribution in [3.63, 3.8) is 0 Å². The van der Waals surface area contributed by atoms with Crippen LogP contribution in [0.25, 0.3) is 0 Å². The predicted octanol–water partition coefficient (Wildman–Crippen LogP) is 2.16. The first kappa shape index (κ1) is 5.95. The van der Waals surface area contributed by atoms with Crippen LogP contribution >= 0.6 is 0 Å². The first-order valence-electron chi connectivity index (χ1n) is 2.56. The Bertz CT molecular complexity index is 220. The molecule has 1 rings (SSSR count). The number of nitrogens with zero attached hydrogens (tertiary/aromatic N) is 1. The lowest BCUT2D eigenvalue weighted by molar-refractivity contribution is 0.630. The summed E-state index contributed by atoms with van der Waals surface area (Å²) in [6, 6.07) is 6.25. The van der Waals surface area contributed by atoms with E-state index in [0.29, 0.717) is 5.69 Å². The lowest BCUT2D eigenvalue weighted by Gasteiger charge is -1.90. The standard InChI is InChI=1S/C7H6FN/c1-9-7-5-3-2-4-6(7)8/h2-5H,1H2. The molecule has 0 saturated carbocycles. The van der Waals surface area contributed by atoms with Gasteiger partial charge in [-0.2, -0.15) is 0 Å². The molecule has 0 N–H and O–H groups in total. The number of hydrogen-bond donors (Lipinski definition) is 0. The van der Waals surface area contributed by atoms with Crippen molar-refractivity contribution >= 4 is 12.4 Å². The molecule has 0 radical (unpaired) electrons. The topological polar surface area (TPSA) is 12.4 Å². The predicted molar refractivity (Wildman–Crippen MR) is 35.6 cm³/mol. The van der Waals surface area contributed by atoms with Crippen LogP contribution in [-0.4, -0.2) is 6.72 Å². The molecule has 46 valence electrons. The highest BCUT2D eigenvalue weighted by molar-refractivity contribution is 5.45. The first-order chi connectivity index (χ1) is 4.34. The Morgan fingerprint density at radius 3 is 2.44 bits per heavy atom. The Morgan fingerprint density at radius 1 is 1.33 bits per heavy atom. The summed E-state index contributed by atoms with van der Waals surface area (Å²) in [6.07, 6.45) is 0. The molecule has 0 amide bonds. The summed E-state index contributed by atoms with van der Waals surface area (Å²) in [5, 5.41) is 0. The van der Waals surface area contributed by atoms with Crippen LogP contribution in [-0.2, 0) is 0 Å². The minimum absolute atomic E-state index is 0.303. The number of halogens is 1. The monoisotopic (exact) mass is 123 g/mol. The van der Waals surface area contributed by atoms with E-state index in [9.17, 15) is 4.39 Å². The molecule has 1 nitrogen and oxygen atoms in total. The maximum absolute atomic E-state index is 12.5. The zero-order chi connectivity index (χ0) is 6.69. The van der Waals surface area contributed by atoms with Crippen LogP contribution in [0, 0.1) is 5.82 Å². The summed E-state index contributed by atoms with van der Waals surface area (Å²) >= 11 is 0. The van der Waals surface area contributed by atoms with Crippen molar-refractivity contribution in [1.29, 1.82) is 0 Å². The molecule has 0 spiro atoms. The van der Waals surface area contributed by atoms with Gasteiger partial charge in [-0.05, 0) is 18.9 Å². The van der Waals surface area contributed by atoms with Crippen LogP contribution in [0.2, 0.25) is 0 Å². The van der Waals surface area contributed by atoms with Gasteiger partial charge in [-0.3, -0.25) is 4.99 Å². The molecule has 1 aromatic rings. The van der Waals surface area contributed by atoms with Crippen molar-refractivity contribution in [1.82, 2.24) is 0 Å². The van der Waals surface area contributed by atoms with Gasteiger partial charge >= 0.3 is 0 Å².